The summed E-state index contributed by atoms with van der Waals surface area (Å²) in [5, 5.41) is 0.366. The van der Waals surface area contributed by atoms with Gasteiger partial charge in [-0.25, -0.2) is 4.79 Å². The van der Waals surface area contributed by atoms with Crippen LogP contribution in [0, 0.1) is 0 Å². The van der Waals surface area contributed by atoms with E-state index in [0.29, 0.717) is 16.5 Å². The standard InChI is InChI=1S/C18H14O4/c1-2-21-18(20)15-16(19)13-10-6-7-11-14(13)22-17(15)12-8-4-3-5-9-12/h3-11H,2H2,1H3. The fourth-order valence-corrected chi connectivity index (χ4v) is 2.32. The third-order valence-electron chi connectivity index (χ3n) is 3.31. The Kier molecular flexibility index (Phi) is 3.74. The maximum atomic E-state index is 12.7. The van der Waals surface area contributed by atoms with Gasteiger partial charge in [-0.05, 0) is 19.1 Å². The minimum atomic E-state index is -0.666. The van der Waals surface area contributed by atoms with Crippen LogP contribution < -0.4 is 5.43 Å². The van der Waals surface area contributed by atoms with Gasteiger partial charge in [-0.1, -0.05) is 42.5 Å². The van der Waals surface area contributed by atoms with E-state index in [9.17, 15) is 9.59 Å². The van der Waals surface area contributed by atoms with Crippen LogP contribution in [0.25, 0.3) is 22.3 Å². The van der Waals surface area contributed by atoms with Crippen LogP contribution in [0.2, 0.25) is 0 Å². The first-order valence-electron chi connectivity index (χ1n) is 7.00. The van der Waals surface area contributed by atoms with Crippen molar-refractivity contribution in [2.24, 2.45) is 0 Å². The number of rotatable bonds is 3. The number of esters is 1. The van der Waals surface area contributed by atoms with Crippen LogP contribution in [-0.2, 0) is 4.74 Å². The van der Waals surface area contributed by atoms with Gasteiger partial charge in [-0.2, -0.15) is 0 Å². The lowest BCUT2D eigenvalue weighted by atomic mass is 10.0. The number of carbonyl (C=O) groups is 1. The first-order valence-corrected chi connectivity index (χ1v) is 7.00. The Morgan fingerprint density at radius 1 is 1.05 bits per heavy atom. The van der Waals surface area contributed by atoms with Crippen LogP contribution in [-0.4, -0.2) is 12.6 Å². The lowest BCUT2D eigenvalue weighted by molar-refractivity contribution is 0.0524. The van der Waals surface area contributed by atoms with Gasteiger partial charge < -0.3 is 9.15 Å². The van der Waals surface area contributed by atoms with Gasteiger partial charge in [0.25, 0.3) is 0 Å². The van der Waals surface area contributed by atoms with Gasteiger partial charge in [-0.3, -0.25) is 4.79 Å². The average Bonchev–Trinajstić information content (AvgIpc) is 2.55. The molecule has 0 fully saturated rings. The number of fused-ring (bicyclic) bond motifs is 1. The van der Waals surface area contributed by atoms with Crippen molar-refractivity contribution < 1.29 is 13.9 Å². The SMILES string of the molecule is CCOC(=O)c1c(-c2ccccc2)oc2ccccc2c1=O. The minimum Gasteiger partial charge on any atom is -0.462 e. The van der Waals surface area contributed by atoms with Crippen LogP contribution in [0.15, 0.2) is 63.8 Å². The summed E-state index contributed by atoms with van der Waals surface area (Å²) in [5.41, 5.74) is 0.665. The summed E-state index contributed by atoms with van der Waals surface area (Å²) < 4.78 is 10.8. The molecule has 22 heavy (non-hydrogen) atoms. The lowest BCUT2D eigenvalue weighted by Gasteiger charge is -2.09. The molecule has 0 saturated carbocycles. The van der Waals surface area contributed by atoms with Crippen molar-refractivity contribution >= 4 is 16.9 Å². The van der Waals surface area contributed by atoms with Crippen LogP contribution in [0.5, 0.6) is 0 Å². The van der Waals surface area contributed by atoms with Crippen molar-refractivity contribution in [1.82, 2.24) is 0 Å². The molecule has 3 aromatic rings. The van der Waals surface area contributed by atoms with E-state index in [0.717, 1.165) is 0 Å². The fraction of sp³-hybridized carbons (Fsp3) is 0.111. The predicted molar refractivity (Wildman–Crippen MR) is 83.9 cm³/mol. The van der Waals surface area contributed by atoms with Crippen LogP contribution in [0.4, 0.5) is 0 Å². The Morgan fingerprint density at radius 3 is 2.45 bits per heavy atom. The summed E-state index contributed by atoms with van der Waals surface area (Å²) in [4.78, 5) is 24.9. The highest BCUT2D eigenvalue weighted by molar-refractivity contribution is 5.99. The average molecular weight is 294 g/mol. The Bertz CT molecular complexity index is 878. The van der Waals surface area contributed by atoms with Crippen LogP contribution >= 0.6 is 0 Å². The summed E-state index contributed by atoms with van der Waals surface area (Å²) in [6.07, 6.45) is 0. The molecule has 0 aliphatic rings. The number of ether oxygens (including phenoxy) is 1. The van der Waals surface area contributed by atoms with Gasteiger partial charge in [-0.15, -0.1) is 0 Å². The summed E-state index contributed by atoms with van der Waals surface area (Å²) in [6, 6.07) is 15.9. The monoisotopic (exact) mass is 294 g/mol. The first kappa shape index (κ1) is 14.1. The molecule has 0 N–H and O–H groups in total. The van der Waals surface area contributed by atoms with Crippen molar-refractivity contribution in [2.75, 3.05) is 6.61 Å². The molecule has 110 valence electrons. The number of para-hydroxylation sites is 1. The second-order valence-electron chi connectivity index (χ2n) is 4.72. The molecule has 0 saturated heterocycles. The highest BCUT2D eigenvalue weighted by Crippen LogP contribution is 2.26. The highest BCUT2D eigenvalue weighted by atomic mass is 16.5. The van der Waals surface area contributed by atoms with Crippen molar-refractivity contribution in [2.45, 2.75) is 6.92 Å². The van der Waals surface area contributed by atoms with Gasteiger partial charge in [0.15, 0.2) is 11.3 Å². The molecule has 0 unspecified atom stereocenters. The quantitative estimate of drug-likeness (QED) is 0.692. The van der Waals surface area contributed by atoms with Crippen molar-refractivity contribution in [1.29, 1.82) is 0 Å². The maximum Gasteiger partial charge on any atom is 0.346 e. The maximum absolute atomic E-state index is 12.7. The first-order chi connectivity index (χ1) is 10.7. The molecular weight excluding hydrogens is 280 g/mol. The molecule has 0 radical (unpaired) electrons. The number of hydrogen-bond acceptors (Lipinski definition) is 4. The van der Waals surface area contributed by atoms with E-state index in [1.54, 1.807) is 43.3 Å². The van der Waals surface area contributed by atoms with E-state index in [1.807, 2.05) is 18.2 Å². The Labute approximate surface area is 127 Å². The van der Waals surface area contributed by atoms with Gasteiger partial charge >= 0.3 is 5.97 Å². The number of carbonyl (C=O) groups excluding carboxylic acids is 1. The summed E-state index contributed by atoms with van der Waals surface area (Å²) >= 11 is 0. The van der Waals surface area contributed by atoms with E-state index >= 15 is 0 Å². The molecule has 2 aromatic carbocycles. The zero-order valence-corrected chi connectivity index (χ0v) is 12.0. The van der Waals surface area contributed by atoms with E-state index < -0.39 is 5.97 Å². The molecule has 0 aliphatic heterocycles. The zero-order chi connectivity index (χ0) is 15.5. The van der Waals surface area contributed by atoms with E-state index in [-0.39, 0.29) is 23.4 Å². The highest BCUT2D eigenvalue weighted by Gasteiger charge is 2.22. The van der Waals surface area contributed by atoms with Gasteiger partial charge in [0, 0.05) is 5.56 Å². The molecule has 0 bridgehead atoms. The Morgan fingerprint density at radius 2 is 1.73 bits per heavy atom. The molecule has 4 nitrogen and oxygen atoms in total. The third-order valence-corrected chi connectivity index (χ3v) is 3.31. The summed E-state index contributed by atoms with van der Waals surface area (Å²) in [6.45, 7) is 1.89. The normalized spacial score (nSPS) is 10.6. The zero-order valence-electron chi connectivity index (χ0n) is 12.0. The van der Waals surface area contributed by atoms with E-state index in [2.05, 4.69) is 0 Å². The van der Waals surface area contributed by atoms with Crippen LogP contribution in [0.3, 0.4) is 0 Å². The largest absolute Gasteiger partial charge is 0.462 e. The molecular formula is C18H14O4. The van der Waals surface area contributed by atoms with Gasteiger partial charge in [0.05, 0.1) is 12.0 Å². The number of hydrogen-bond donors (Lipinski definition) is 0. The van der Waals surface area contributed by atoms with E-state index in [1.165, 1.54) is 0 Å². The molecule has 0 spiro atoms. The van der Waals surface area contributed by atoms with Gasteiger partial charge in [0.1, 0.15) is 5.58 Å². The molecule has 0 aliphatic carbocycles. The molecule has 0 amide bonds. The fourth-order valence-electron chi connectivity index (χ4n) is 2.32. The summed E-state index contributed by atoms with van der Waals surface area (Å²) in [7, 11) is 0. The van der Waals surface area contributed by atoms with Crippen LogP contribution in [0.1, 0.15) is 17.3 Å². The second kappa shape index (κ2) is 5.85. The molecule has 3 rings (SSSR count). The molecule has 1 aromatic heterocycles. The third kappa shape index (κ3) is 2.39. The smallest absolute Gasteiger partial charge is 0.346 e. The topological polar surface area (TPSA) is 56.5 Å². The molecule has 1 heterocycles. The Hall–Kier alpha value is -2.88. The molecule has 4 heteroatoms. The lowest BCUT2D eigenvalue weighted by Crippen LogP contribution is -2.19. The molecule has 0 atom stereocenters. The summed E-state index contributed by atoms with van der Waals surface area (Å²) in [5.74, 6) is -0.427. The number of benzene rings is 2. The van der Waals surface area contributed by atoms with Gasteiger partial charge in [0.2, 0.25) is 5.43 Å². The van der Waals surface area contributed by atoms with E-state index in [4.69, 9.17) is 9.15 Å². The second-order valence-corrected chi connectivity index (χ2v) is 4.72. The Balaban J connectivity index is 2.36. The van der Waals surface area contributed by atoms with Crippen molar-refractivity contribution in [3.8, 4) is 11.3 Å². The van der Waals surface area contributed by atoms with Crippen molar-refractivity contribution in [3.05, 3.63) is 70.4 Å². The minimum absolute atomic E-state index is 0.0632. The van der Waals surface area contributed by atoms with Crippen molar-refractivity contribution in [3.63, 3.8) is 0 Å². The predicted octanol–water partition coefficient (Wildman–Crippen LogP) is 3.64.